The Hall–Kier alpha value is -1.17. The summed E-state index contributed by atoms with van der Waals surface area (Å²) >= 11 is 1.73. The van der Waals surface area contributed by atoms with E-state index in [4.69, 9.17) is 5.84 Å². The number of nitrogens with two attached hydrogens (primary N) is 1. The van der Waals surface area contributed by atoms with Crippen LogP contribution in [0.5, 0.6) is 0 Å². The number of hydrogen-bond donors (Lipinski definition) is 2. The Bertz CT molecular complexity index is 516. The Morgan fingerprint density at radius 1 is 1.47 bits per heavy atom. The summed E-state index contributed by atoms with van der Waals surface area (Å²) in [6.07, 6.45) is 3.03. The zero-order valence-corrected chi connectivity index (χ0v) is 12.6. The molecule has 0 saturated carbocycles. The van der Waals surface area contributed by atoms with Gasteiger partial charge in [0.15, 0.2) is 0 Å². The van der Waals surface area contributed by atoms with E-state index < -0.39 is 0 Å². The Labute approximate surface area is 118 Å². The van der Waals surface area contributed by atoms with Crippen molar-refractivity contribution < 1.29 is 0 Å². The monoisotopic (exact) mass is 278 g/mol. The van der Waals surface area contributed by atoms with Gasteiger partial charge in [-0.25, -0.2) is 0 Å². The van der Waals surface area contributed by atoms with Crippen LogP contribution in [0.15, 0.2) is 16.8 Å². The Morgan fingerprint density at radius 2 is 2.26 bits per heavy atom. The highest BCUT2D eigenvalue weighted by Crippen LogP contribution is 2.17. The number of nitrogens with one attached hydrogen (secondary N) is 1. The van der Waals surface area contributed by atoms with Crippen molar-refractivity contribution in [3.63, 3.8) is 0 Å². The number of aromatic nitrogens is 2. The second-order valence-corrected chi connectivity index (χ2v) is 5.79. The molecule has 2 rings (SSSR count). The Kier molecular flexibility index (Phi) is 4.74. The Balaban J connectivity index is 1.96. The van der Waals surface area contributed by atoms with Crippen LogP contribution in [0.4, 0.5) is 0 Å². The molecule has 2 aromatic heterocycles. The van der Waals surface area contributed by atoms with Crippen molar-refractivity contribution in [3.8, 4) is 0 Å². The van der Waals surface area contributed by atoms with Gasteiger partial charge in [-0.2, -0.15) is 16.4 Å². The molecule has 0 bridgehead atoms. The van der Waals surface area contributed by atoms with Crippen molar-refractivity contribution in [1.29, 1.82) is 0 Å². The predicted octanol–water partition coefficient (Wildman–Crippen LogP) is 2.11. The molecule has 5 heteroatoms. The fourth-order valence-electron chi connectivity index (χ4n) is 2.44. The van der Waals surface area contributed by atoms with Gasteiger partial charge in [-0.15, -0.1) is 0 Å². The smallest absolute Gasteiger partial charge is 0.0628 e. The van der Waals surface area contributed by atoms with Gasteiger partial charge in [0.25, 0.3) is 0 Å². The van der Waals surface area contributed by atoms with Crippen LogP contribution in [0.1, 0.15) is 28.9 Å². The second kappa shape index (κ2) is 6.32. The van der Waals surface area contributed by atoms with Gasteiger partial charge in [0, 0.05) is 18.8 Å². The SMILES string of the molecule is Cc1nn(C)c(C)c1CCC(Cc1ccsc1)NN. The van der Waals surface area contributed by atoms with Crippen LogP contribution in [0.3, 0.4) is 0 Å². The molecule has 0 amide bonds. The summed E-state index contributed by atoms with van der Waals surface area (Å²) in [5.41, 5.74) is 8.03. The quantitative estimate of drug-likeness (QED) is 0.628. The molecule has 0 aliphatic rings. The highest BCUT2D eigenvalue weighted by atomic mass is 32.1. The van der Waals surface area contributed by atoms with E-state index in [0.29, 0.717) is 6.04 Å². The molecule has 0 aliphatic heterocycles. The van der Waals surface area contributed by atoms with Crippen LogP contribution < -0.4 is 11.3 Å². The molecule has 104 valence electrons. The first kappa shape index (κ1) is 14.2. The van der Waals surface area contributed by atoms with E-state index in [9.17, 15) is 0 Å². The summed E-state index contributed by atoms with van der Waals surface area (Å²) in [5, 5.41) is 8.75. The largest absolute Gasteiger partial charge is 0.272 e. The van der Waals surface area contributed by atoms with Gasteiger partial charge in [-0.3, -0.25) is 16.0 Å². The maximum absolute atomic E-state index is 5.67. The van der Waals surface area contributed by atoms with Gasteiger partial charge in [0.2, 0.25) is 0 Å². The number of rotatable bonds is 6. The van der Waals surface area contributed by atoms with Crippen LogP contribution in [0.25, 0.3) is 0 Å². The topological polar surface area (TPSA) is 55.9 Å². The lowest BCUT2D eigenvalue weighted by Gasteiger charge is -2.15. The highest BCUT2D eigenvalue weighted by Gasteiger charge is 2.13. The first-order chi connectivity index (χ1) is 9.11. The minimum absolute atomic E-state index is 0.314. The molecular weight excluding hydrogens is 256 g/mol. The minimum Gasteiger partial charge on any atom is -0.272 e. The summed E-state index contributed by atoms with van der Waals surface area (Å²) < 4.78 is 1.95. The number of hydrogen-bond acceptors (Lipinski definition) is 4. The maximum atomic E-state index is 5.67. The number of hydrazine groups is 1. The molecule has 0 fully saturated rings. The highest BCUT2D eigenvalue weighted by molar-refractivity contribution is 7.07. The van der Waals surface area contributed by atoms with Crippen LogP contribution in [-0.4, -0.2) is 15.8 Å². The van der Waals surface area contributed by atoms with Crippen molar-refractivity contribution in [2.45, 2.75) is 39.2 Å². The van der Waals surface area contributed by atoms with E-state index in [1.807, 2.05) is 11.7 Å². The summed E-state index contributed by atoms with van der Waals surface area (Å²) in [7, 11) is 2.00. The van der Waals surface area contributed by atoms with Crippen LogP contribution >= 0.6 is 11.3 Å². The van der Waals surface area contributed by atoms with Crippen molar-refractivity contribution in [3.05, 3.63) is 39.3 Å². The second-order valence-electron chi connectivity index (χ2n) is 5.01. The molecule has 0 aromatic carbocycles. The third-order valence-corrected chi connectivity index (χ3v) is 4.43. The minimum atomic E-state index is 0.314. The normalized spacial score (nSPS) is 12.8. The predicted molar refractivity (Wildman–Crippen MR) is 80.1 cm³/mol. The van der Waals surface area contributed by atoms with E-state index in [1.54, 1.807) is 11.3 Å². The lowest BCUT2D eigenvalue weighted by atomic mass is 10.00. The van der Waals surface area contributed by atoms with Gasteiger partial charge in [-0.05, 0) is 61.1 Å². The number of thiophene rings is 1. The fourth-order valence-corrected chi connectivity index (χ4v) is 3.12. The summed E-state index contributed by atoms with van der Waals surface area (Å²) in [6, 6.07) is 2.48. The average Bonchev–Trinajstić information content (AvgIpc) is 2.97. The first-order valence-corrected chi connectivity index (χ1v) is 7.52. The molecule has 1 atom stereocenters. The fraction of sp³-hybridized carbons (Fsp3) is 0.500. The van der Waals surface area contributed by atoms with E-state index in [1.165, 1.54) is 16.8 Å². The van der Waals surface area contributed by atoms with Crippen LogP contribution in [0.2, 0.25) is 0 Å². The third kappa shape index (κ3) is 3.43. The zero-order chi connectivity index (χ0) is 13.8. The molecule has 2 aromatic rings. The third-order valence-electron chi connectivity index (χ3n) is 3.70. The number of aryl methyl sites for hydroxylation is 2. The van der Waals surface area contributed by atoms with E-state index >= 15 is 0 Å². The molecule has 4 nitrogen and oxygen atoms in total. The standard InChI is InChI=1S/C14H22N4S/c1-10-14(11(2)18(3)17-10)5-4-13(16-15)8-12-6-7-19-9-12/h6-7,9,13,16H,4-5,8,15H2,1-3H3. The van der Waals surface area contributed by atoms with E-state index in [0.717, 1.165) is 25.0 Å². The first-order valence-electron chi connectivity index (χ1n) is 6.58. The number of nitrogens with zero attached hydrogens (tertiary/aromatic N) is 2. The molecule has 0 aliphatic carbocycles. The molecule has 1 unspecified atom stereocenters. The van der Waals surface area contributed by atoms with Gasteiger partial charge in [-0.1, -0.05) is 0 Å². The molecule has 0 radical (unpaired) electrons. The zero-order valence-electron chi connectivity index (χ0n) is 11.8. The molecule has 2 heterocycles. The Morgan fingerprint density at radius 3 is 2.79 bits per heavy atom. The lowest BCUT2D eigenvalue weighted by Crippen LogP contribution is -2.37. The van der Waals surface area contributed by atoms with E-state index in [-0.39, 0.29) is 0 Å². The van der Waals surface area contributed by atoms with Crippen LogP contribution in [0, 0.1) is 13.8 Å². The average molecular weight is 278 g/mol. The lowest BCUT2D eigenvalue weighted by molar-refractivity contribution is 0.491. The summed E-state index contributed by atoms with van der Waals surface area (Å²) in [4.78, 5) is 0. The van der Waals surface area contributed by atoms with Gasteiger partial charge in [0.1, 0.15) is 0 Å². The van der Waals surface area contributed by atoms with Crippen molar-refractivity contribution in [1.82, 2.24) is 15.2 Å². The summed E-state index contributed by atoms with van der Waals surface area (Å²) in [5.74, 6) is 5.67. The van der Waals surface area contributed by atoms with Crippen molar-refractivity contribution in [2.24, 2.45) is 12.9 Å². The maximum Gasteiger partial charge on any atom is 0.0628 e. The molecular formula is C14H22N4S. The molecule has 3 N–H and O–H groups in total. The molecule has 0 spiro atoms. The van der Waals surface area contributed by atoms with Gasteiger partial charge < -0.3 is 0 Å². The van der Waals surface area contributed by atoms with E-state index in [2.05, 4.69) is 41.2 Å². The van der Waals surface area contributed by atoms with Gasteiger partial charge in [0.05, 0.1) is 5.69 Å². The van der Waals surface area contributed by atoms with Crippen LogP contribution in [-0.2, 0) is 19.9 Å². The summed E-state index contributed by atoms with van der Waals surface area (Å²) in [6.45, 7) is 4.20. The van der Waals surface area contributed by atoms with Crippen molar-refractivity contribution >= 4 is 11.3 Å². The molecule has 0 saturated heterocycles. The molecule has 19 heavy (non-hydrogen) atoms. The van der Waals surface area contributed by atoms with Crippen molar-refractivity contribution in [2.75, 3.05) is 0 Å². The van der Waals surface area contributed by atoms with Gasteiger partial charge >= 0.3 is 0 Å².